The molecule has 94 valence electrons. The van der Waals surface area contributed by atoms with Crippen LogP contribution in [0.15, 0.2) is 29.3 Å². The number of hydrogen-bond acceptors (Lipinski definition) is 4. The smallest absolute Gasteiger partial charge is 0.325 e. The molecule has 1 aromatic carbocycles. The average molecular weight is 246 g/mol. The lowest BCUT2D eigenvalue weighted by Crippen LogP contribution is -2.37. The van der Waals surface area contributed by atoms with E-state index in [2.05, 4.69) is 4.99 Å². The lowest BCUT2D eigenvalue weighted by atomic mass is 10.1. The molecule has 0 spiro atoms. The number of hydrogen-bond donors (Lipinski definition) is 0. The fourth-order valence-electron chi connectivity index (χ4n) is 1.76. The Morgan fingerprint density at radius 1 is 1.44 bits per heavy atom. The second kappa shape index (κ2) is 5.44. The molecule has 0 radical (unpaired) electrons. The van der Waals surface area contributed by atoms with Crippen molar-refractivity contribution in [3.63, 3.8) is 0 Å². The van der Waals surface area contributed by atoms with Gasteiger partial charge in [0, 0.05) is 6.21 Å². The first-order chi connectivity index (χ1) is 8.72. The monoisotopic (exact) mass is 246 g/mol. The van der Waals surface area contributed by atoms with E-state index in [1.54, 1.807) is 31.3 Å². The van der Waals surface area contributed by atoms with Crippen LogP contribution in [-0.2, 0) is 9.53 Å². The Hall–Kier alpha value is -2.17. The average Bonchev–Trinajstić information content (AvgIpc) is 2.51. The van der Waals surface area contributed by atoms with Crippen LogP contribution in [0, 0.1) is 0 Å². The Balaban J connectivity index is 2.19. The molecule has 0 bridgehead atoms. The molecule has 0 N–H and O–H groups in total. The maximum Gasteiger partial charge on any atom is 0.325 e. The SMILES string of the molecule is CCOC(=O)CN1CC=Nc2ccccc2C1=O. The first-order valence-corrected chi connectivity index (χ1v) is 5.79. The molecule has 2 rings (SSSR count). The number of fused-ring (bicyclic) bond motifs is 1. The van der Waals surface area contributed by atoms with Crippen molar-refractivity contribution in [2.45, 2.75) is 6.92 Å². The number of amides is 1. The molecule has 5 nitrogen and oxygen atoms in total. The summed E-state index contributed by atoms with van der Waals surface area (Å²) in [7, 11) is 0. The maximum absolute atomic E-state index is 12.2. The summed E-state index contributed by atoms with van der Waals surface area (Å²) in [4.78, 5) is 29.3. The first kappa shape index (κ1) is 12.3. The summed E-state index contributed by atoms with van der Waals surface area (Å²) >= 11 is 0. The Kier molecular flexibility index (Phi) is 3.72. The van der Waals surface area contributed by atoms with Crippen LogP contribution < -0.4 is 0 Å². The lowest BCUT2D eigenvalue weighted by Gasteiger charge is -2.18. The molecule has 1 aromatic rings. The van der Waals surface area contributed by atoms with Crippen LogP contribution in [0.5, 0.6) is 0 Å². The summed E-state index contributed by atoms with van der Waals surface area (Å²) in [6, 6.07) is 7.08. The number of benzene rings is 1. The molecule has 1 amide bonds. The van der Waals surface area contributed by atoms with Gasteiger partial charge in [0.2, 0.25) is 0 Å². The minimum absolute atomic E-state index is 0.0486. The molecule has 0 saturated carbocycles. The normalized spacial score (nSPS) is 14.1. The zero-order valence-corrected chi connectivity index (χ0v) is 10.1. The van der Waals surface area contributed by atoms with Gasteiger partial charge >= 0.3 is 5.97 Å². The van der Waals surface area contributed by atoms with Gasteiger partial charge in [-0.15, -0.1) is 0 Å². The third-order valence-corrected chi connectivity index (χ3v) is 2.58. The van der Waals surface area contributed by atoms with E-state index in [1.807, 2.05) is 6.07 Å². The molecule has 1 aliphatic heterocycles. The number of rotatable bonds is 3. The summed E-state index contributed by atoms with van der Waals surface area (Å²) in [6.07, 6.45) is 1.63. The number of aliphatic imine (C=N–C) groups is 1. The van der Waals surface area contributed by atoms with Crippen molar-refractivity contribution in [3.8, 4) is 0 Å². The molecule has 0 saturated heterocycles. The Morgan fingerprint density at radius 2 is 2.22 bits per heavy atom. The number of ether oxygens (including phenoxy) is 1. The zero-order chi connectivity index (χ0) is 13.0. The van der Waals surface area contributed by atoms with Gasteiger partial charge in [-0.05, 0) is 19.1 Å². The number of esters is 1. The largest absolute Gasteiger partial charge is 0.465 e. The van der Waals surface area contributed by atoms with Gasteiger partial charge in [-0.25, -0.2) is 0 Å². The van der Waals surface area contributed by atoms with Crippen molar-refractivity contribution in [1.29, 1.82) is 0 Å². The van der Waals surface area contributed by atoms with E-state index in [1.165, 1.54) is 4.90 Å². The highest BCUT2D eigenvalue weighted by molar-refractivity contribution is 6.02. The van der Waals surface area contributed by atoms with Crippen LogP contribution in [0.4, 0.5) is 5.69 Å². The summed E-state index contributed by atoms with van der Waals surface area (Å²) in [6.45, 7) is 2.31. The van der Waals surface area contributed by atoms with Gasteiger partial charge in [0.15, 0.2) is 0 Å². The molecule has 1 aliphatic rings. The third-order valence-electron chi connectivity index (χ3n) is 2.58. The van der Waals surface area contributed by atoms with Gasteiger partial charge in [-0.3, -0.25) is 14.6 Å². The highest BCUT2D eigenvalue weighted by Crippen LogP contribution is 2.21. The van der Waals surface area contributed by atoms with Gasteiger partial charge in [0.05, 0.1) is 24.4 Å². The van der Waals surface area contributed by atoms with Crippen molar-refractivity contribution >= 4 is 23.8 Å². The molecule has 0 unspecified atom stereocenters. The summed E-state index contributed by atoms with van der Waals surface area (Å²) < 4.78 is 4.84. The van der Waals surface area contributed by atoms with Crippen LogP contribution in [0.3, 0.4) is 0 Å². The fourth-order valence-corrected chi connectivity index (χ4v) is 1.76. The van der Waals surface area contributed by atoms with Crippen LogP contribution in [0.1, 0.15) is 17.3 Å². The molecular weight excluding hydrogens is 232 g/mol. The first-order valence-electron chi connectivity index (χ1n) is 5.79. The Morgan fingerprint density at radius 3 is 3.00 bits per heavy atom. The highest BCUT2D eigenvalue weighted by Gasteiger charge is 2.22. The van der Waals surface area contributed by atoms with E-state index >= 15 is 0 Å². The second-order valence-electron chi connectivity index (χ2n) is 3.82. The molecule has 18 heavy (non-hydrogen) atoms. The van der Waals surface area contributed by atoms with E-state index in [4.69, 9.17) is 4.74 Å². The highest BCUT2D eigenvalue weighted by atomic mass is 16.5. The van der Waals surface area contributed by atoms with Crippen molar-refractivity contribution < 1.29 is 14.3 Å². The van der Waals surface area contributed by atoms with Crippen LogP contribution in [-0.4, -0.2) is 42.7 Å². The summed E-state index contributed by atoms with van der Waals surface area (Å²) in [5, 5.41) is 0. The van der Waals surface area contributed by atoms with E-state index < -0.39 is 5.97 Å². The van der Waals surface area contributed by atoms with Crippen LogP contribution in [0.25, 0.3) is 0 Å². The minimum atomic E-state index is -0.404. The van der Waals surface area contributed by atoms with E-state index in [9.17, 15) is 9.59 Å². The minimum Gasteiger partial charge on any atom is -0.465 e. The Bertz CT molecular complexity index is 497. The van der Waals surface area contributed by atoms with Gasteiger partial charge in [0.25, 0.3) is 5.91 Å². The van der Waals surface area contributed by atoms with Crippen LogP contribution in [0.2, 0.25) is 0 Å². The quantitative estimate of drug-likeness (QED) is 0.757. The molecule has 0 aromatic heterocycles. The predicted molar refractivity (Wildman–Crippen MR) is 67.1 cm³/mol. The second-order valence-corrected chi connectivity index (χ2v) is 3.82. The van der Waals surface area contributed by atoms with Crippen molar-refractivity contribution in [3.05, 3.63) is 29.8 Å². The van der Waals surface area contributed by atoms with E-state index in [0.29, 0.717) is 24.4 Å². The predicted octanol–water partition coefficient (Wildman–Crippen LogP) is 1.41. The van der Waals surface area contributed by atoms with Gasteiger partial charge < -0.3 is 9.64 Å². The molecule has 0 atom stereocenters. The number of para-hydroxylation sites is 1. The summed E-state index contributed by atoms with van der Waals surface area (Å²) in [5.41, 5.74) is 1.14. The number of nitrogens with zero attached hydrogens (tertiary/aromatic N) is 2. The number of carbonyl (C=O) groups is 2. The topological polar surface area (TPSA) is 59.0 Å². The van der Waals surface area contributed by atoms with Gasteiger partial charge in [0.1, 0.15) is 6.54 Å². The molecular formula is C13H14N2O3. The van der Waals surface area contributed by atoms with Crippen LogP contribution >= 0.6 is 0 Å². The number of carbonyl (C=O) groups excluding carboxylic acids is 2. The van der Waals surface area contributed by atoms with E-state index in [-0.39, 0.29) is 12.5 Å². The van der Waals surface area contributed by atoms with Gasteiger partial charge in [-0.1, -0.05) is 12.1 Å². The molecule has 5 heteroatoms. The van der Waals surface area contributed by atoms with E-state index in [0.717, 1.165) is 0 Å². The standard InChI is InChI=1S/C13H14N2O3/c1-2-18-12(16)9-15-8-7-14-11-6-4-3-5-10(11)13(15)17/h3-7H,2,8-9H2,1H3. The Labute approximate surface area is 105 Å². The molecule has 0 aliphatic carbocycles. The third kappa shape index (κ3) is 2.56. The maximum atomic E-state index is 12.2. The van der Waals surface area contributed by atoms with Gasteiger partial charge in [-0.2, -0.15) is 0 Å². The molecule has 1 heterocycles. The lowest BCUT2D eigenvalue weighted by molar-refractivity contribution is -0.143. The van der Waals surface area contributed by atoms with Crippen molar-refractivity contribution in [1.82, 2.24) is 4.90 Å². The fraction of sp³-hybridized carbons (Fsp3) is 0.308. The summed E-state index contributed by atoms with van der Waals surface area (Å²) in [5.74, 6) is -0.602. The van der Waals surface area contributed by atoms with Crippen molar-refractivity contribution in [2.24, 2.45) is 4.99 Å². The zero-order valence-electron chi connectivity index (χ0n) is 10.1. The molecule has 0 fully saturated rings. The van der Waals surface area contributed by atoms with Crippen molar-refractivity contribution in [2.75, 3.05) is 19.7 Å².